The molecule has 2 aromatic carbocycles. The predicted molar refractivity (Wildman–Crippen MR) is 134 cm³/mol. The highest BCUT2D eigenvalue weighted by atomic mass is 16.7. The van der Waals surface area contributed by atoms with Crippen LogP contribution in [0.1, 0.15) is 43.1 Å². The van der Waals surface area contributed by atoms with E-state index in [1.807, 2.05) is 37.3 Å². The Kier molecular flexibility index (Phi) is 5.72. The summed E-state index contributed by atoms with van der Waals surface area (Å²) in [5, 5.41) is 5.35. The molecule has 1 atom stereocenters. The van der Waals surface area contributed by atoms with Gasteiger partial charge in [-0.15, -0.1) is 0 Å². The highest BCUT2D eigenvalue weighted by Gasteiger charge is 2.41. The predicted octanol–water partition coefficient (Wildman–Crippen LogP) is 3.19. The van der Waals surface area contributed by atoms with Crippen molar-refractivity contribution >= 4 is 45.7 Å². The van der Waals surface area contributed by atoms with Crippen LogP contribution in [0.5, 0.6) is 0 Å². The molecule has 0 fully saturated rings. The van der Waals surface area contributed by atoms with Crippen LogP contribution in [0.2, 0.25) is 0 Å². The van der Waals surface area contributed by atoms with Gasteiger partial charge < -0.3 is 25.4 Å². The molecular weight excluding hydrogens is 446 g/mol. The summed E-state index contributed by atoms with van der Waals surface area (Å²) >= 11 is 0. The number of hydrogen-bond acceptors (Lipinski definition) is 6. The molecule has 3 N–H and O–H groups in total. The van der Waals surface area contributed by atoms with E-state index in [9.17, 15) is 14.4 Å². The molecule has 182 valence electrons. The van der Waals surface area contributed by atoms with Gasteiger partial charge in [-0.2, -0.15) is 5.06 Å². The third-order valence-electron chi connectivity index (χ3n) is 6.82. The number of carbonyl (C=O) groups is 3. The molecule has 9 heteroatoms. The number of nitrogens with one attached hydrogen (secondary N) is 1. The first-order chi connectivity index (χ1) is 16.8. The SMILES string of the molecule is CC(=O)ON1c2cc3c(cc2NC(=O)C1c1c(C)n(CCCN)c2ccccc12)N(C(C)=O)CC3. The summed E-state index contributed by atoms with van der Waals surface area (Å²) in [5.41, 5.74) is 11.3. The third-order valence-corrected chi connectivity index (χ3v) is 6.82. The van der Waals surface area contributed by atoms with E-state index in [4.69, 9.17) is 10.6 Å². The second-order valence-electron chi connectivity index (χ2n) is 9.03. The minimum atomic E-state index is -0.876. The normalized spacial score (nSPS) is 16.8. The van der Waals surface area contributed by atoms with Crippen LogP contribution < -0.4 is 21.0 Å². The molecule has 3 heterocycles. The third kappa shape index (κ3) is 3.72. The fraction of sp³-hybridized carbons (Fsp3) is 0.346. The average molecular weight is 476 g/mol. The molecular formula is C26H29N5O4. The first kappa shape index (κ1) is 22.9. The number of nitrogens with two attached hydrogens (primary N) is 1. The Hall–Kier alpha value is -3.85. The van der Waals surface area contributed by atoms with Crippen molar-refractivity contribution in [2.24, 2.45) is 5.73 Å². The number of benzene rings is 2. The summed E-state index contributed by atoms with van der Waals surface area (Å²) in [6, 6.07) is 10.7. The van der Waals surface area contributed by atoms with Gasteiger partial charge in [-0.05, 0) is 50.1 Å². The lowest BCUT2D eigenvalue weighted by atomic mass is 9.98. The van der Waals surface area contributed by atoms with Crippen molar-refractivity contribution in [3.8, 4) is 0 Å². The van der Waals surface area contributed by atoms with Crippen LogP contribution in [0.15, 0.2) is 36.4 Å². The molecule has 2 amide bonds. The number of hydrogen-bond donors (Lipinski definition) is 2. The highest BCUT2D eigenvalue weighted by Crippen LogP contribution is 2.46. The van der Waals surface area contributed by atoms with Crippen LogP contribution >= 0.6 is 0 Å². The van der Waals surface area contributed by atoms with Crippen molar-refractivity contribution < 1.29 is 19.2 Å². The van der Waals surface area contributed by atoms with Gasteiger partial charge in [0.1, 0.15) is 5.69 Å². The molecule has 1 unspecified atom stereocenters. The van der Waals surface area contributed by atoms with E-state index in [2.05, 4.69) is 9.88 Å². The summed E-state index contributed by atoms with van der Waals surface area (Å²) in [6.45, 7) is 6.68. The molecule has 35 heavy (non-hydrogen) atoms. The zero-order valence-corrected chi connectivity index (χ0v) is 20.1. The first-order valence-corrected chi connectivity index (χ1v) is 11.8. The maximum atomic E-state index is 13.6. The van der Waals surface area contributed by atoms with Gasteiger partial charge in [0.15, 0.2) is 6.04 Å². The van der Waals surface area contributed by atoms with E-state index in [1.54, 1.807) is 11.0 Å². The average Bonchev–Trinajstić information content (AvgIpc) is 3.35. The molecule has 0 spiro atoms. The Labute approximate surface area is 203 Å². The van der Waals surface area contributed by atoms with Crippen LogP contribution in [0.4, 0.5) is 17.1 Å². The quantitative estimate of drug-likeness (QED) is 0.587. The number of aryl methyl sites for hydroxylation is 1. The largest absolute Gasteiger partial charge is 0.344 e. The van der Waals surface area contributed by atoms with Crippen molar-refractivity contribution in [2.45, 2.75) is 46.2 Å². The fourth-order valence-corrected chi connectivity index (χ4v) is 5.31. The standard InChI is InChI=1S/C26H29N5O4/c1-15-24(19-7-4-5-8-21(19)29(15)11-6-10-27)25-26(34)28-20-14-22-18(9-12-30(22)16(2)32)13-23(20)31(25)35-17(3)33/h4-5,7-8,13-14,25H,6,9-12,27H2,1-3H3,(H,28,34). The number of aromatic nitrogens is 1. The lowest BCUT2D eigenvalue weighted by Crippen LogP contribution is -2.43. The van der Waals surface area contributed by atoms with Crippen LogP contribution in [-0.4, -0.2) is 35.4 Å². The molecule has 2 aliphatic rings. The summed E-state index contributed by atoms with van der Waals surface area (Å²) in [6.07, 6.45) is 1.48. The van der Waals surface area contributed by atoms with Crippen LogP contribution in [-0.2, 0) is 32.2 Å². The van der Waals surface area contributed by atoms with Crippen molar-refractivity contribution in [1.82, 2.24) is 4.57 Å². The summed E-state index contributed by atoms with van der Waals surface area (Å²) < 4.78 is 2.17. The lowest BCUT2D eigenvalue weighted by Gasteiger charge is -2.36. The van der Waals surface area contributed by atoms with Crippen LogP contribution in [0, 0.1) is 6.92 Å². The molecule has 0 saturated heterocycles. The van der Waals surface area contributed by atoms with Gasteiger partial charge in [0.2, 0.25) is 5.91 Å². The van der Waals surface area contributed by atoms with Crippen LogP contribution in [0.3, 0.4) is 0 Å². The van der Waals surface area contributed by atoms with Gasteiger partial charge in [-0.1, -0.05) is 18.2 Å². The number of para-hydroxylation sites is 1. The van der Waals surface area contributed by atoms with E-state index in [-0.39, 0.29) is 11.8 Å². The Balaban J connectivity index is 1.68. The molecule has 0 radical (unpaired) electrons. The van der Waals surface area contributed by atoms with Crippen molar-refractivity contribution in [2.75, 3.05) is 28.4 Å². The molecule has 5 rings (SSSR count). The number of carbonyl (C=O) groups excluding carboxylic acids is 3. The Bertz CT molecular complexity index is 1360. The van der Waals surface area contributed by atoms with Gasteiger partial charge >= 0.3 is 5.97 Å². The minimum Gasteiger partial charge on any atom is -0.344 e. The van der Waals surface area contributed by atoms with E-state index in [0.29, 0.717) is 30.9 Å². The van der Waals surface area contributed by atoms with E-state index >= 15 is 0 Å². The van der Waals surface area contributed by atoms with E-state index in [0.717, 1.165) is 46.4 Å². The number of nitrogens with zero attached hydrogens (tertiary/aromatic N) is 3. The molecule has 1 aromatic heterocycles. The van der Waals surface area contributed by atoms with Gasteiger partial charge in [0.25, 0.3) is 5.91 Å². The summed E-state index contributed by atoms with van der Waals surface area (Å²) in [7, 11) is 0. The molecule has 0 saturated carbocycles. The lowest BCUT2D eigenvalue weighted by molar-refractivity contribution is -0.144. The van der Waals surface area contributed by atoms with E-state index in [1.165, 1.54) is 18.9 Å². The van der Waals surface area contributed by atoms with Gasteiger partial charge in [-0.3, -0.25) is 14.4 Å². The molecule has 0 bridgehead atoms. The highest BCUT2D eigenvalue weighted by molar-refractivity contribution is 6.08. The van der Waals surface area contributed by atoms with Gasteiger partial charge in [0.05, 0.1) is 5.69 Å². The molecule has 0 aliphatic carbocycles. The number of hydroxylamine groups is 1. The molecule has 9 nitrogen and oxygen atoms in total. The maximum Gasteiger partial charge on any atom is 0.329 e. The second-order valence-corrected chi connectivity index (χ2v) is 9.03. The van der Waals surface area contributed by atoms with Crippen molar-refractivity contribution in [1.29, 1.82) is 0 Å². The Morgan fingerprint density at radius 1 is 1.17 bits per heavy atom. The zero-order chi connectivity index (χ0) is 24.9. The number of fused-ring (bicyclic) bond motifs is 3. The fourth-order valence-electron chi connectivity index (χ4n) is 5.31. The number of anilines is 3. The minimum absolute atomic E-state index is 0.0542. The summed E-state index contributed by atoms with van der Waals surface area (Å²) in [4.78, 5) is 45.3. The topological polar surface area (TPSA) is 110 Å². The second kappa shape index (κ2) is 8.74. The Morgan fingerprint density at radius 3 is 2.66 bits per heavy atom. The van der Waals surface area contributed by atoms with Gasteiger partial charge in [0, 0.05) is 54.8 Å². The zero-order valence-electron chi connectivity index (χ0n) is 20.1. The number of amides is 2. The molecule has 3 aromatic rings. The van der Waals surface area contributed by atoms with Crippen molar-refractivity contribution in [3.63, 3.8) is 0 Å². The maximum absolute atomic E-state index is 13.6. The summed E-state index contributed by atoms with van der Waals surface area (Å²) in [5.74, 6) is -0.886. The van der Waals surface area contributed by atoms with Gasteiger partial charge in [-0.25, -0.2) is 0 Å². The number of rotatable bonds is 5. The van der Waals surface area contributed by atoms with Crippen LogP contribution in [0.25, 0.3) is 10.9 Å². The Morgan fingerprint density at radius 2 is 1.94 bits per heavy atom. The molecule has 2 aliphatic heterocycles. The smallest absolute Gasteiger partial charge is 0.329 e. The monoisotopic (exact) mass is 475 g/mol. The van der Waals surface area contributed by atoms with Crippen molar-refractivity contribution in [3.05, 3.63) is 53.2 Å². The van der Waals surface area contributed by atoms with E-state index < -0.39 is 12.0 Å². The first-order valence-electron chi connectivity index (χ1n) is 11.8.